The number of nitriles is 1. The average Bonchev–Trinajstić information content (AvgIpc) is 2.42. The van der Waals surface area contributed by atoms with E-state index in [0.717, 1.165) is 0 Å². The third-order valence-corrected chi connectivity index (χ3v) is 3.28. The van der Waals surface area contributed by atoms with Crippen LogP contribution in [0, 0.1) is 17.1 Å². The van der Waals surface area contributed by atoms with E-state index in [1.54, 1.807) is 18.2 Å². The molecule has 2 aromatic carbocycles. The Morgan fingerprint density at radius 2 is 2.00 bits per heavy atom. The number of halogens is 3. The normalized spacial score (nSPS) is 10.0. The molecule has 0 radical (unpaired) electrons. The Balaban J connectivity index is 2.19. The van der Waals surface area contributed by atoms with Crippen molar-refractivity contribution in [1.29, 1.82) is 5.26 Å². The van der Waals surface area contributed by atoms with Crippen molar-refractivity contribution in [1.82, 2.24) is 0 Å². The van der Waals surface area contributed by atoms with Gasteiger partial charge in [0, 0.05) is 5.56 Å². The molecular weight excluding hydrogens is 288 g/mol. The van der Waals surface area contributed by atoms with Crippen LogP contribution in [0.5, 0.6) is 5.75 Å². The van der Waals surface area contributed by atoms with Crippen LogP contribution in [0.3, 0.4) is 0 Å². The first-order valence-corrected chi connectivity index (χ1v) is 6.12. The lowest BCUT2D eigenvalue weighted by molar-refractivity contribution is 0.300. The number of hydrogen-bond donors (Lipinski definition) is 0. The largest absolute Gasteiger partial charge is 0.487 e. The molecule has 0 atom stereocenters. The minimum Gasteiger partial charge on any atom is -0.487 e. The molecule has 2 nitrogen and oxygen atoms in total. The SMILES string of the molecule is N#Cc1ccc(F)c(COc2cccc(Cl)c2Cl)c1. The highest BCUT2D eigenvalue weighted by atomic mass is 35.5. The van der Waals surface area contributed by atoms with Gasteiger partial charge in [0.1, 0.15) is 23.2 Å². The summed E-state index contributed by atoms with van der Waals surface area (Å²) < 4.78 is 19.0. The molecule has 0 saturated heterocycles. The van der Waals surface area contributed by atoms with Gasteiger partial charge in [-0.1, -0.05) is 29.3 Å². The highest BCUT2D eigenvalue weighted by Gasteiger charge is 2.08. The van der Waals surface area contributed by atoms with E-state index >= 15 is 0 Å². The second-order valence-corrected chi connectivity index (χ2v) is 4.54. The lowest BCUT2D eigenvalue weighted by Crippen LogP contribution is -1.99. The van der Waals surface area contributed by atoms with Gasteiger partial charge in [-0.2, -0.15) is 5.26 Å². The maximum Gasteiger partial charge on any atom is 0.139 e. The molecule has 0 aliphatic rings. The molecule has 0 bridgehead atoms. The van der Waals surface area contributed by atoms with E-state index in [2.05, 4.69) is 0 Å². The minimum absolute atomic E-state index is 0.0264. The molecule has 5 heteroatoms. The van der Waals surface area contributed by atoms with Crippen molar-refractivity contribution in [3.63, 3.8) is 0 Å². The van der Waals surface area contributed by atoms with Crippen LogP contribution in [0.4, 0.5) is 4.39 Å². The first kappa shape index (κ1) is 13.7. The Morgan fingerprint density at radius 1 is 1.21 bits per heavy atom. The Labute approximate surface area is 119 Å². The van der Waals surface area contributed by atoms with Gasteiger partial charge >= 0.3 is 0 Å². The summed E-state index contributed by atoms with van der Waals surface area (Å²) in [5, 5.41) is 9.41. The molecule has 96 valence electrons. The van der Waals surface area contributed by atoms with E-state index in [4.69, 9.17) is 33.2 Å². The first-order chi connectivity index (χ1) is 9.11. The lowest BCUT2D eigenvalue weighted by Gasteiger charge is -2.09. The average molecular weight is 296 g/mol. The van der Waals surface area contributed by atoms with Gasteiger partial charge in [0.15, 0.2) is 0 Å². The standard InChI is InChI=1S/C14H8Cl2FNO/c15-11-2-1-3-13(14(11)16)19-8-10-6-9(7-18)4-5-12(10)17/h1-6H,8H2. The van der Waals surface area contributed by atoms with Gasteiger partial charge in [0.25, 0.3) is 0 Å². The second-order valence-electron chi connectivity index (χ2n) is 3.76. The zero-order valence-electron chi connectivity index (χ0n) is 9.66. The summed E-state index contributed by atoms with van der Waals surface area (Å²) >= 11 is 11.8. The van der Waals surface area contributed by atoms with Gasteiger partial charge < -0.3 is 4.74 Å². The summed E-state index contributed by atoms with van der Waals surface area (Å²) in [5.74, 6) is -0.0620. The molecule has 0 unspecified atom stereocenters. The van der Waals surface area contributed by atoms with Crippen molar-refractivity contribution in [2.75, 3.05) is 0 Å². The summed E-state index contributed by atoms with van der Waals surface area (Å²) in [6.07, 6.45) is 0. The topological polar surface area (TPSA) is 33.0 Å². The van der Waals surface area contributed by atoms with Crippen molar-refractivity contribution in [2.45, 2.75) is 6.61 Å². The van der Waals surface area contributed by atoms with Gasteiger partial charge in [-0.15, -0.1) is 0 Å². The molecule has 0 heterocycles. The fourth-order valence-corrected chi connectivity index (χ4v) is 1.85. The van der Waals surface area contributed by atoms with Crippen molar-refractivity contribution >= 4 is 23.2 Å². The summed E-state index contributed by atoms with van der Waals surface area (Å²) in [6, 6.07) is 11.0. The monoisotopic (exact) mass is 295 g/mol. The Morgan fingerprint density at radius 3 is 2.74 bits per heavy atom. The Hall–Kier alpha value is -1.76. The van der Waals surface area contributed by atoms with E-state index in [1.807, 2.05) is 6.07 Å². The molecule has 0 aromatic heterocycles. The van der Waals surface area contributed by atoms with Gasteiger partial charge in [0.05, 0.1) is 16.7 Å². The fraction of sp³-hybridized carbons (Fsp3) is 0.0714. The number of benzene rings is 2. The van der Waals surface area contributed by atoms with Gasteiger partial charge in [-0.05, 0) is 30.3 Å². The molecule has 2 aromatic rings. The number of ether oxygens (including phenoxy) is 1. The molecule has 0 aliphatic heterocycles. The van der Waals surface area contributed by atoms with Crippen LogP contribution >= 0.6 is 23.2 Å². The molecule has 0 spiro atoms. The Bertz CT molecular complexity index is 652. The second kappa shape index (κ2) is 5.92. The zero-order valence-corrected chi connectivity index (χ0v) is 11.2. The van der Waals surface area contributed by atoms with Crippen molar-refractivity contribution in [3.8, 4) is 11.8 Å². The number of rotatable bonds is 3. The smallest absolute Gasteiger partial charge is 0.139 e. The van der Waals surface area contributed by atoms with Crippen LogP contribution in [0.15, 0.2) is 36.4 Å². The van der Waals surface area contributed by atoms with Crippen LogP contribution in [0.1, 0.15) is 11.1 Å². The summed E-state index contributed by atoms with van der Waals surface area (Å²) in [4.78, 5) is 0. The predicted molar refractivity (Wildman–Crippen MR) is 71.9 cm³/mol. The van der Waals surface area contributed by atoms with E-state index < -0.39 is 5.82 Å². The van der Waals surface area contributed by atoms with Crippen LogP contribution < -0.4 is 4.74 Å². The number of hydrogen-bond acceptors (Lipinski definition) is 2. The third-order valence-electron chi connectivity index (χ3n) is 2.47. The summed E-state index contributed by atoms with van der Waals surface area (Å²) in [7, 11) is 0. The molecule has 0 saturated carbocycles. The highest BCUT2D eigenvalue weighted by Crippen LogP contribution is 2.32. The Kier molecular flexibility index (Phi) is 4.26. The van der Waals surface area contributed by atoms with E-state index in [-0.39, 0.29) is 17.2 Å². The van der Waals surface area contributed by atoms with Crippen LogP contribution in [-0.4, -0.2) is 0 Å². The quantitative estimate of drug-likeness (QED) is 0.830. The first-order valence-electron chi connectivity index (χ1n) is 5.37. The molecule has 2 rings (SSSR count). The molecule has 0 amide bonds. The van der Waals surface area contributed by atoms with Crippen LogP contribution in [0.2, 0.25) is 10.0 Å². The molecular formula is C14H8Cl2FNO. The minimum atomic E-state index is -0.433. The van der Waals surface area contributed by atoms with Crippen LogP contribution in [-0.2, 0) is 6.61 Å². The van der Waals surface area contributed by atoms with E-state index in [0.29, 0.717) is 16.3 Å². The van der Waals surface area contributed by atoms with E-state index in [1.165, 1.54) is 18.2 Å². The zero-order chi connectivity index (χ0) is 13.8. The summed E-state index contributed by atoms with van der Waals surface area (Å²) in [6.45, 7) is -0.0264. The maximum absolute atomic E-state index is 13.5. The fourth-order valence-electron chi connectivity index (χ4n) is 1.51. The molecule has 0 N–H and O–H groups in total. The van der Waals surface area contributed by atoms with Crippen molar-refractivity contribution in [2.24, 2.45) is 0 Å². The molecule has 0 aliphatic carbocycles. The number of nitrogens with zero attached hydrogens (tertiary/aromatic N) is 1. The lowest BCUT2D eigenvalue weighted by atomic mass is 10.1. The maximum atomic E-state index is 13.5. The molecule has 19 heavy (non-hydrogen) atoms. The highest BCUT2D eigenvalue weighted by molar-refractivity contribution is 6.42. The van der Waals surface area contributed by atoms with E-state index in [9.17, 15) is 4.39 Å². The summed E-state index contributed by atoms with van der Waals surface area (Å²) in [5.41, 5.74) is 0.660. The molecule has 0 fully saturated rings. The van der Waals surface area contributed by atoms with Crippen molar-refractivity contribution < 1.29 is 9.13 Å². The van der Waals surface area contributed by atoms with Gasteiger partial charge in [-0.3, -0.25) is 0 Å². The third kappa shape index (κ3) is 3.17. The van der Waals surface area contributed by atoms with Crippen LogP contribution in [0.25, 0.3) is 0 Å². The van der Waals surface area contributed by atoms with Gasteiger partial charge in [0.2, 0.25) is 0 Å². The predicted octanol–water partition coefficient (Wildman–Crippen LogP) is 4.58. The van der Waals surface area contributed by atoms with Gasteiger partial charge in [-0.25, -0.2) is 4.39 Å². The van der Waals surface area contributed by atoms with Crippen molar-refractivity contribution in [3.05, 3.63) is 63.4 Å².